The molecule has 1 amide bonds. The summed E-state index contributed by atoms with van der Waals surface area (Å²) in [7, 11) is 3.91. The van der Waals surface area contributed by atoms with E-state index in [9.17, 15) is 4.79 Å². The fourth-order valence-electron chi connectivity index (χ4n) is 3.58. The number of carbonyl (C=O) groups excluding carboxylic acids is 1. The largest absolute Gasteiger partial charge is 0.363 e. The van der Waals surface area contributed by atoms with Gasteiger partial charge in [-0.25, -0.2) is 14.6 Å². The summed E-state index contributed by atoms with van der Waals surface area (Å²) in [6, 6.07) is 5.91. The van der Waals surface area contributed by atoms with Crippen LogP contribution in [0.15, 0.2) is 49.2 Å². The number of nitrogens with zero attached hydrogens (tertiary/aromatic N) is 7. The molecule has 4 aromatic heterocycles. The molecule has 0 saturated heterocycles. The first kappa shape index (κ1) is 21.1. The quantitative estimate of drug-likeness (QED) is 0.520. The van der Waals surface area contributed by atoms with Crippen LogP contribution in [0.4, 0.5) is 11.6 Å². The highest BCUT2D eigenvalue weighted by Crippen LogP contribution is 2.32. The normalized spacial score (nSPS) is 10.8. The van der Waals surface area contributed by atoms with Crippen molar-refractivity contribution < 1.29 is 4.79 Å². The summed E-state index contributed by atoms with van der Waals surface area (Å²) in [4.78, 5) is 31.2. The zero-order valence-electron chi connectivity index (χ0n) is 18.7. The molecule has 0 spiro atoms. The Kier molecular flexibility index (Phi) is 5.63. The molecule has 1 N–H and O–H groups in total. The Balaban J connectivity index is 1.88. The molecule has 0 radical (unpaired) electrons. The highest BCUT2D eigenvalue weighted by molar-refractivity contribution is 5.90. The molecule has 32 heavy (non-hydrogen) atoms. The highest BCUT2D eigenvalue weighted by atomic mass is 16.1. The molecule has 4 rings (SSSR count). The second-order valence-corrected chi connectivity index (χ2v) is 7.62. The van der Waals surface area contributed by atoms with Gasteiger partial charge in [0.05, 0.1) is 17.6 Å². The summed E-state index contributed by atoms with van der Waals surface area (Å²) in [5.74, 6) is 1.07. The van der Waals surface area contributed by atoms with E-state index < -0.39 is 0 Å². The Labute approximate surface area is 186 Å². The lowest BCUT2D eigenvalue weighted by Crippen LogP contribution is -2.12. The molecule has 9 heteroatoms. The smallest absolute Gasteiger partial charge is 0.222 e. The van der Waals surface area contributed by atoms with Crippen molar-refractivity contribution in [3.8, 4) is 28.1 Å². The maximum atomic E-state index is 11.8. The number of amides is 1. The lowest BCUT2D eigenvalue weighted by atomic mass is 10.0. The van der Waals surface area contributed by atoms with Gasteiger partial charge in [0.2, 0.25) is 5.91 Å². The van der Waals surface area contributed by atoms with Gasteiger partial charge in [-0.2, -0.15) is 5.10 Å². The van der Waals surface area contributed by atoms with Crippen LogP contribution in [0, 0.1) is 13.8 Å². The van der Waals surface area contributed by atoms with E-state index in [4.69, 9.17) is 5.10 Å². The number of rotatable bonds is 5. The lowest BCUT2D eigenvalue weighted by Gasteiger charge is -2.14. The third-order valence-electron chi connectivity index (χ3n) is 5.03. The van der Waals surface area contributed by atoms with Crippen LogP contribution in [0.2, 0.25) is 0 Å². The molecule has 0 aromatic carbocycles. The number of aromatic nitrogens is 6. The summed E-state index contributed by atoms with van der Waals surface area (Å²) in [6.07, 6.45) is 8.38. The van der Waals surface area contributed by atoms with Gasteiger partial charge < -0.3 is 10.2 Å². The minimum absolute atomic E-state index is 0.211. The van der Waals surface area contributed by atoms with Crippen LogP contribution in [0.1, 0.15) is 18.3 Å². The van der Waals surface area contributed by atoms with Crippen molar-refractivity contribution in [2.24, 2.45) is 0 Å². The van der Waals surface area contributed by atoms with E-state index in [0.717, 1.165) is 33.9 Å². The van der Waals surface area contributed by atoms with Crippen molar-refractivity contribution in [3.63, 3.8) is 0 Å². The molecular weight excluding hydrogens is 404 g/mol. The number of carbonyl (C=O) groups is 1. The Bertz CT molecular complexity index is 1280. The Morgan fingerprint density at radius 1 is 1.00 bits per heavy atom. The van der Waals surface area contributed by atoms with Crippen LogP contribution in [0.3, 0.4) is 0 Å². The summed E-state index contributed by atoms with van der Waals surface area (Å²) in [6.45, 7) is 5.42. The van der Waals surface area contributed by atoms with Crippen LogP contribution < -0.4 is 10.2 Å². The standard InChI is InChI=1S/C23H24N8O/c1-14-22(17-6-7-26-21(11-17)30(4)5)15(2)31(29-14)20-10-18(19-13-24-8-9-25-19)12-27-23(20)28-16(3)32/h6-13H,1-5H3,(H,27,28,32). The lowest BCUT2D eigenvalue weighted by molar-refractivity contribution is -0.114. The van der Waals surface area contributed by atoms with E-state index in [-0.39, 0.29) is 5.91 Å². The highest BCUT2D eigenvalue weighted by Gasteiger charge is 2.19. The van der Waals surface area contributed by atoms with E-state index in [2.05, 4.69) is 25.3 Å². The summed E-state index contributed by atoms with van der Waals surface area (Å²) < 4.78 is 1.80. The number of anilines is 2. The van der Waals surface area contributed by atoms with Crippen LogP contribution >= 0.6 is 0 Å². The van der Waals surface area contributed by atoms with Gasteiger partial charge in [0, 0.05) is 62.6 Å². The Morgan fingerprint density at radius 3 is 2.50 bits per heavy atom. The van der Waals surface area contributed by atoms with Crippen molar-refractivity contribution >= 4 is 17.5 Å². The Hall–Kier alpha value is -4.14. The first-order chi connectivity index (χ1) is 15.3. The van der Waals surface area contributed by atoms with Crippen LogP contribution in [0.5, 0.6) is 0 Å². The third-order valence-corrected chi connectivity index (χ3v) is 5.03. The SMILES string of the molecule is CC(=O)Nc1ncc(-c2cnccn2)cc1-n1nc(C)c(-c2ccnc(N(C)C)c2)c1C. The van der Waals surface area contributed by atoms with E-state index in [0.29, 0.717) is 17.2 Å². The van der Waals surface area contributed by atoms with Gasteiger partial charge >= 0.3 is 0 Å². The predicted molar refractivity (Wildman–Crippen MR) is 124 cm³/mol. The summed E-state index contributed by atoms with van der Waals surface area (Å²) >= 11 is 0. The molecule has 0 atom stereocenters. The van der Waals surface area contributed by atoms with Crippen molar-refractivity contribution in [2.75, 3.05) is 24.3 Å². The number of nitrogens with one attached hydrogen (secondary N) is 1. The van der Waals surface area contributed by atoms with E-state index in [1.807, 2.05) is 51.0 Å². The van der Waals surface area contributed by atoms with Gasteiger partial charge in [0.25, 0.3) is 0 Å². The minimum Gasteiger partial charge on any atom is -0.363 e. The molecule has 4 aromatic rings. The molecule has 0 aliphatic carbocycles. The van der Waals surface area contributed by atoms with Crippen LogP contribution in [-0.2, 0) is 4.79 Å². The van der Waals surface area contributed by atoms with Gasteiger partial charge in [-0.1, -0.05) is 0 Å². The fourth-order valence-corrected chi connectivity index (χ4v) is 3.58. The van der Waals surface area contributed by atoms with Gasteiger partial charge in [0.15, 0.2) is 5.82 Å². The molecule has 0 aliphatic heterocycles. The second kappa shape index (κ2) is 8.54. The van der Waals surface area contributed by atoms with Crippen molar-refractivity contribution in [1.82, 2.24) is 29.7 Å². The summed E-state index contributed by atoms with van der Waals surface area (Å²) in [5.41, 5.74) is 5.91. The molecule has 9 nitrogen and oxygen atoms in total. The third kappa shape index (κ3) is 4.04. The average Bonchev–Trinajstić information content (AvgIpc) is 3.08. The maximum absolute atomic E-state index is 11.8. The van der Waals surface area contributed by atoms with Gasteiger partial charge in [0.1, 0.15) is 11.5 Å². The van der Waals surface area contributed by atoms with Gasteiger partial charge in [-0.05, 0) is 37.6 Å². The van der Waals surface area contributed by atoms with Crippen molar-refractivity contribution in [1.29, 1.82) is 0 Å². The van der Waals surface area contributed by atoms with E-state index in [1.54, 1.807) is 35.7 Å². The average molecular weight is 429 g/mol. The molecule has 0 unspecified atom stereocenters. The topological polar surface area (TPSA) is 102 Å². The minimum atomic E-state index is -0.211. The zero-order chi connectivity index (χ0) is 22.8. The number of pyridine rings is 2. The van der Waals surface area contributed by atoms with E-state index >= 15 is 0 Å². The molecule has 162 valence electrons. The van der Waals surface area contributed by atoms with Crippen LogP contribution in [-0.4, -0.2) is 49.7 Å². The molecule has 0 aliphatic rings. The monoisotopic (exact) mass is 428 g/mol. The Morgan fingerprint density at radius 2 is 1.81 bits per heavy atom. The first-order valence-corrected chi connectivity index (χ1v) is 10.1. The maximum Gasteiger partial charge on any atom is 0.222 e. The van der Waals surface area contributed by atoms with E-state index in [1.165, 1.54) is 6.92 Å². The molecule has 0 saturated carbocycles. The number of hydrogen-bond donors (Lipinski definition) is 1. The first-order valence-electron chi connectivity index (χ1n) is 10.1. The van der Waals surface area contributed by atoms with Crippen LogP contribution in [0.25, 0.3) is 28.1 Å². The summed E-state index contributed by atoms with van der Waals surface area (Å²) in [5, 5.41) is 7.60. The fraction of sp³-hybridized carbons (Fsp3) is 0.217. The predicted octanol–water partition coefficient (Wildman–Crippen LogP) is 3.43. The van der Waals surface area contributed by atoms with Gasteiger partial charge in [-0.3, -0.25) is 14.8 Å². The zero-order valence-corrected chi connectivity index (χ0v) is 18.7. The number of hydrogen-bond acceptors (Lipinski definition) is 7. The van der Waals surface area contributed by atoms with Crippen molar-refractivity contribution in [3.05, 3.63) is 60.6 Å². The number of aryl methyl sites for hydroxylation is 1. The van der Waals surface area contributed by atoms with Crippen molar-refractivity contribution in [2.45, 2.75) is 20.8 Å². The molecule has 4 heterocycles. The second-order valence-electron chi connectivity index (χ2n) is 7.62. The van der Waals surface area contributed by atoms with Gasteiger partial charge in [-0.15, -0.1) is 0 Å². The molecule has 0 fully saturated rings. The molecule has 0 bridgehead atoms. The molecular formula is C23H24N8O.